The second-order valence-corrected chi connectivity index (χ2v) is 4.78. The third-order valence-electron chi connectivity index (χ3n) is 3.50. The number of hydrogen-bond acceptors (Lipinski definition) is 3. The van der Waals surface area contributed by atoms with Gasteiger partial charge in [-0.05, 0) is 32.3 Å². The number of rotatable bonds is 7. The number of carbonyl (C=O) groups is 1. The Hall–Kier alpha value is -1.36. The van der Waals surface area contributed by atoms with Crippen molar-refractivity contribution in [3.05, 3.63) is 17.5 Å². The smallest absolute Gasteiger partial charge is 0.227 e. The minimum Gasteiger partial charge on any atom is -0.343 e. The van der Waals surface area contributed by atoms with Crippen molar-refractivity contribution in [3.8, 4) is 0 Å². The molecular weight excluding hydrogens is 240 g/mol. The minimum absolute atomic E-state index is 0.144. The molecule has 1 unspecified atom stereocenters. The Balaban J connectivity index is 2.84. The summed E-state index contributed by atoms with van der Waals surface area (Å²) in [5.41, 5.74) is 8.00. The summed E-state index contributed by atoms with van der Waals surface area (Å²) in [4.78, 5) is 14.2. The number of aryl methyl sites for hydroxylation is 2. The van der Waals surface area contributed by atoms with Gasteiger partial charge in [-0.25, -0.2) is 0 Å². The fraction of sp³-hybridized carbons (Fsp3) is 0.714. The second kappa shape index (κ2) is 7.28. The van der Waals surface area contributed by atoms with Crippen LogP contribution in [0.15, 0.2) is 6.20 Å². The van der Waals surface area contributed by atoms with Crippen LogP contribution in [0.1, 0.15) is 32.0 Å². The molecule has 1 aromatic heterocycles. The molecule has 2 N–H and O–H groups in total. The van der Waals surface area contributed by atoms with Crippen molar-refractivity contribution in [1.82, 2.24) is 14.7 Å². The highest BCUT2D eigenvalue weighted by Crippen LogP contribution is 2.15. The molecule has 108 valence electrons. The number of hydrogen-bond donors (Lipinski definition) is 1. The van der Waals surface area contributed by atoms with Crippen LogP contribution in [0.2, 0.25) is 0 Å². The molecule has 1 rings (SSSR count). The standard InChI is InChI=1S/C14H26N4O/c1-5-13-12(10-17(4)16-13)8-11(9-15)14(19)18(6-2)7-3/h10-11H,5-9,15H2,1-4H3. The average Bonchev–Trinajstić information content (AvgIpc) is 2.77. The molecule has 0 aliphatic heterocycles. The molecule has 0 spiro atoms. The van der Waals surface area contributed by atoms with E-state index in [1.54, 1.807) is 0 Å². The fourth-order valence-corrected chi connectivity index (χ4v) is 2.38. The van der Waals surface area contributed by atoms with Crippen LogP contribution in [0.5, 0.6) is 0 Å². The largest absolute Gasteiger partial charge is 0.343 e. The average molecular weight is 266 g/mol. The Labute approximate surface area is 115 Å². The monoisotopic (exact) mass is 266 g/mol. The lowest BCUT2D eigenvalue weighted by atomic mass is 9.97. The predicted molar refractivity (Wildman–Crippen MR) is 76.8 cm³/mol. The van der Waals surface area contributed by atoms with Gasteiger partial charge < -0.3 is 10.6 Å². The highest BCUT2D eigenvalue weighted by atomic mass is 16.2. The zero-order chi connectivity index (χ0) is 14.4. The highest BCUT2D eigenvalue weighted by molar-refractivity contribution is 5.79. The quantitative estimate of drug-likeness (QED) is 0.800. The summed E-state index contributed by atoms with van der Waals surface area (Å²) in [6.45, 7) is 7.93. The molecule has 0 radical (unpaired) electrons. The number of nitrogens with zero attached hydrogens (tertiary/aromatic N) is 3. The summed E-state index contributed by atoms with van der Waals surface area (Å²) in [6, 6.07) is 0. The van der Waals surface area contributed by atoms with Gasteiger partial charge in [0.2, 0.25) is 5.91 Å². The van der Waals surface area contributed by atoms with Gasteiger partial charge in [-0.3, -0.25) is 9.48 Å². The normalized spacial score (nSPS) is 12.5. The lowest BCUT2D eigenvalue weighted by Crippen LogP contribution is -2.40. The lowest BCUT2D eigenvalue weighted by Gasteiger charge is -2.24. The van der Waals surface area contributed by atoms with Gasteiger partial charge >= 0.3 is 0 Å². The van der Waals surface area contributed by atoms with Crippen LogP contribution in [0.25, 0.3) is 0 Å². The van der Waals surface area contributed by atoms with E-state index in [0.29, 0.717) is 13.0 Å². The van der Waals surface area contributed by atoms with E-state index in [2.05, 4.69) is 12.0 Å². The number of amides is 1. The van der Waals surface area contributed by atoms with Gasteiger partial charge in [0.25, 0.3) is 0 Å². The Morgan fingerprint density at radius 3 is 2.53 bits per heavy atom. The molecule has 19 heavy (non-hydrogen) atoms. The summed E-state index contributed by atoms with van der Waals surface area (Å²) in [7, 11) is 1.91. The van der Waals surface area contributed by atoms with E-state index in [-0.39, 0.29) is 11.8 Å². The first kappa shape index (κ1) is 15.7. The first-order chi connectivity index (χ1) is 9.07. The maximum Gasteiger partial charge on any atom is 0.227 e. The SMILES string of the molecule is CCc1nn(C)cc1CC(CN)C(=O)N(CC)CC. The summed E-state index contributed by atoms with van der Waals surface area (Å²) in [5, 5.41) is 4.41. The molecule has 0 aliphatic carbocycles. The van der Waals surface area contributed by atoms with Gasteiger partial charge in [0.05, 0.1) is 11.6 Å². The zero-order valence-corrected chi connectivity index (χ0v) is 12.5. The van der Waals surface area contributed by atoms with Gasteiger partial charge in [0.1, 0.15) is 0 Å². The molecule has 1 aromatic rings. The summed E-state index contributed by atoms with van der Waals surface area (Å²) < 4.78 is 1.81. The second-order valence-electron chi connectivity index (χ2n) is 4.78. The minimum atomic E-state index is -0.144. The van der Waals surface area contributed by atoms with Gasteiger partial charge in [0.15, 0.2) is 0 Å². The van der Waals surface area contributed by atoms with Crippen molar-refractivity contribution in [2.75, 3.05) is 19.6 Å². The van der Waals surface area contributed by atoms with E-state index in [1.807, 2.05) is 36.7 Å². The van der Waals surface area contributed by atoms with Crippen LogP contribution in [0.4, 0.5) is 0 Å². The van der Waals surface area contributed by atoms with Crippen molar-refractivity contribution in [2.45, 2.75) is 33.6 Å². The van der Waals surface area contributed by atoms with Crippen LogP contribution in [-0.2, 0) is 24.7 Å². The zero-order valence-electron chi connectivity index (χ0n) is 12.5. The Morgan fingerprint density at radius 2 is 2.05 bits per heavy atom. The summed E-state index contributed by atoms with van der Waals surface area (Å²) in [6.07, 6.45) is 3.56. The maximum atomic E-state index is 12.4. The molecule has 0 aromatic carbocycles. The van der Waals surface area contributed by atoms with Gasteiger partial charge in [-0.2, -0.15) is 5.10 Å². The first-order valence-corrected chi connectivity index (χ1v) is 7.07. The number of carbonyl (C=O) groups excluding carboxylic acids is 1. The molecular formula is C14H26N4O. The topological polar surface area (TPSA) is 64.2 Å². The Morgan fingerprint density at radius 1 is 1.42 bits per heavy atom. The van der Waals surface area contributed by atoms with Gasteiger partial charge in [-0.15, -0.1) is 0 Å². The van der Waals surface area contributed by atoms with Crippen LogP contribution in [-0.4, -0.2) is 40.2 Å². The van der Waals surface area contributed by atoms with Crippen molar-refractivity contribution < 1.29 is 4.79 Å². The molecule has 1 heterocycles. The lowest BCUT2D eigenvalue weighted by molar-refractivity contribution is -0.134. The van der Waals surface area contributed by atoms with Crippen LogP contribution in [0, 0.1) is 5.92 Å². The molecule has 5 nitrogen and oxygen atoms in total. The van der Waals surface area contributed by atoms with Gasteiger partial charge in [0, 0.05) is 32.9 Å². The van der Waals surface area contributed by atoms with E-state index in [0.717, 1.165) is 30.8 Å². The van der Waals surface area contributed by atoms with E-state index in [9.17, 15) is 4.79 Å². The number of aromatic nitrogens is 2. The van der Waals surface area contributed by atoms with Crippen molar-refractivity contribution in [1.29, 1.82) is 0 Å². The third-order valence-corrected chi connectivity index (χ3v) is 3.50. The van der Waals surface area contributed by atoms with Gasteiger partial charge in [-0.1, -0.05) is 6.92 Å². The third kappa shape index (κ3) is 3.80. The number of nitrogens with two attached hydrogens (primary N) is 1. The maximum absolute atomic E-state index is 12.4. The van der Waals surface area contributed by atoms with E-state index in [4.69, 9.17) is 5.73 Å². The van der Waals surface area contributed by atoms with Crippen LogP contribution < -0.4 is 5.73 Å². The van der Waals surface area contributed by atoms with E-state index in [1.165, 1.54) is 0 Å². The fourth-order valence-electron chi connectivity index (χ4n) is 2.38. The molecule has 0 fully saturated rings. The Kier molecular flexibility index (Phi) is 6.02. The summed E-state index contributed by atoms with van der Waals surface area (Å²) >= 11 is 0. The Bertz CT molecular complexity index is 410. The summed E-state index contributed by atoms with van der Waals surface area (Å²) in [5.74, 6) is 0.00723. The molecule has 0 saturated heterocycles. The van der Waals surface area contributed by atoms with Crippen LogP contribution >= 0.6 is 0 Å². The van der Waals surface area contributed by atoms with E-state index < -0.39 is 0 Å². The van der Waals surface area contributed by atoms with Crippen molar-refractivity contribution >= 4 is 5.91 Å². The molecule has 0 saturated carbocycles. The molecule has 5 heteroatoms. The molecule has 0 aliphatic rings. The predicted octanol–water partition coefficient (Wildman–Crippen LogP) is 0.968. The molecule has 1 atom stereocenters. The van der Waals surface area contributed by atoms with Crippen LogP contribution in [0.3, 0.4) is 0 Å². The van der Waals surface area contributed by atoms with Crippen molar-refractivity contribution in [2.24, 2.45) is 18.7 Å². The molecule has 0 bridgehead atoms. The van der Waals surface area contributed by atoms with Crippen molar-refractivity contribution in [3.63, 3.8) is 0 Å². The van der Waals surface area contributed by atoms with E-state index >= 15 is 0 Å². The molecule has 1 amide bonds. The first-order valence-electron chi connectivity index (χ1n) is 7.07. The highest BCUT2D eigenvalue weighted by Gasteiger charge is 2.23.